The maximum Gasteiger partial charge on any atom is 0.501 e. The number of alkyl halides is 3. The molecule has 5 aromatic rings. The van der Waals surface area contributed by atoms with E-state index in [4.69, 9.17) is 21.1 Å². The first-order valence-electron chi connectivity index (χ1n) is 34.5. The van der Waals surface area contributed by atoms with Gasteiger partial charge in [0.05, 0.1) is 48.9 Å². The molecular formula is C73H88ClF3N12O10S3. The number of imide groups is 2. The molecule has 11 rings (SSSR count). The molecule has 0 spiro atoms. The van der Waals surface area contributed by atoms with Gasteiger partial charge in [0.1, 0.15) is 10.9 Å². The molecule has 1 aliphatic carbocycles. The van der Waals surface area contributed by atoms with E-state index in [0.29, 0.717) is 88.7 Å². The van der Waals surface area contributed by atoms with Crippen molar-refractivity contribution in [2.24, 2.45) is 5.41 Å². The van der Waals surface area contributed by atoms with Crippen molar-refractivity contribution in [1.29, 1.82) is 0 Å². The number of allylic oxidation sites excluding steroid dienone is 1. The van der Waals surface area contributed by atoms with Gasteiger partial charge in [0.25, 0.3) is 27.6 Å². The summed E-state index contributed by atoms with van der Waals surface area (Å²) in [5, 5.41) is 12.8. The lowest BCUT2D eigenvalue weighted by atomic mass is 9.73. The minimum Gasteiger partial charge on any atom is -0.382 e. The predicted octanol–water partition coefficient (Wildman–Crippen LogP) is 9.81. The largest absolute Gasteiger partial charge is 0.501 e. The molecule has 22 nitrogen and oxygen atoms in total. The number of thioether (sulfide) groups is 1. The lowest BCUT2D eigenvalue weighted by molar-refractivity contribution is -0.136. The van der Waals surface area contributed by atoms with Crippen molar-refractivity contribution >= 4 is 107 Å². The molecule has 3 atom stereocenters. The molecule has 102 heavy (non-hydrogen) atoms. The van der Waals surface area contributed by atoms with Crippen LogP contribution in [0.15, 0.2) is 147 Å². The zero-order valence-electron chi connectivity index (χ0n) is 57.5. The number of piperidine rings is 1. The summed E-state index contributed by atoms with van der Waals surface area (Å²) in [5.74, 6) is -2.34. The van der Waals surface area contributed by atoms with E-state index in [1.807, 2.05) is 70.7 Å². The number of hydrogen-bond donors (Lipinski definition) is 6. The third kappa shape index (κ3) is 19.1. The summed E-state index contributed by atoms with van der Waals surface area (Å²) < 4.78 is 85.6. The summed E-state index contributed by atoms with van der Waals surface area (Å²) >= 11 is 7.74. The summed E-state index contributed by atoms with van der Waals surface area (Å²) in [6.45, 7) is 15.2. The highest BCUT2D eigenvalue weighted by Gasteiger charge is 2.49. The highest BCUT2D eigenvalue weighted by molar-refractivity contribution is 8.13. The molecule has 29 heteroatoms. The second-order valence-electron chi connectivity index (χ2n) is 26.8. The van der Waals surface area contributed by atoms with E-state index in [0.717, 1.165) is 84.3 Å². The molecule has 546 valence electrons. The summed E-state index contributed by atoms with van der Waals surface area (Å²) in [6, 6.07) is 32.2. The summed E-state index contributed by atoms with van der Waals surface area (Å²) in [5.41, 5.74) is 7.57. The fraction of sp³-hybridized carbons (Fsp3) is 0.438. The molecule has 0 aromatic heterocycles. The van der Waals surface area contributed by atoms with E-state index in [2.05, 4.69) is 72.3 Å². The molecule has 6 aliphatic rings. The van der Waals surface area contributed by atoms with Crippen molar-refractivity contribution in [2.75, 3.05) is 126 Å². The molecule has 6 amide bonds. The lowest BCUT2D eigenvalue weighted by Gasteiger charge is -2.39. The monoisotopic (exact) mass is 1480 g/mol. The van der Waals surface area contributed by atoms with E-state index in [1.165, 1.54) is 40.6 Å². The van der Waals surface area contributed by atoms with Gasteiger partial charge in [0.15, 0.2) is 0 Å². The molecule has 5 aromatic carbocycles. The average Bonchev–Trinajstić information content (AvgIpc) is 1.46. The van der Waals surface area contributed by atoms with Crippen LogP contribution < -0.4 is 36.5 Å². The number of carbonyl (C=O) groups is 6. The van der Waals surface area contributed by atoms with Gasteiger partial charge in [-0.3, -0.25) is 58.5 Å². The quantitative estimate of drug-likeness (QED) is 0.0108. The van der Waals surface area contributed by atoms with Crippen molar-refractivity contribution in [1.82, 2.24) is 45.6 Å². The van der Waals surface area contributed by atoms with Crippen LogP contribution in [0.25, 0.3) is 5.57 Å². The highest BCUT2D eigenvalue weighted by Crippen LogP contribution is 2.44. The van der Waals surface area contributed by atoms with Crippen LogP contribution in [0, 0.1) is 5.41 Å². The number of hydrazine groups is 2. The number of nitrogens with zero attached hydrogens (tertiary/aromatic N) is 6. The van der Waals surface area contributed by atoms with Crippen LogP contribution in [0.1, 0.15) is 109 Å². The van der Waals surface area contributed by atoms with Crippen LogP contribution >= 0.6 is 34.0 Å². The third-order valence-corrected chi connectivity index (χ3v) is 23.7. The number of hydrogen-bond acceptors (Lipinski definition) is 19. The normalized spacial score (nSPS) is 19.0. The number of sulfone groups is 1. The van der Waals surface area contributed by atoms with Crippen molar-refractivity contribution in [3.05, 3.63) is 160 Å². The van der Waals surface area contributed by atoms with Gasteiger partial charge >= 0.3 is 5.51 Å². The fourth-order valence-corrected chi connectivity index (χ4v) is 16.9. The maximum atomic E-state index is 14.7. The van der Waals surface area contributed by atoms with Crippen molar-refractivity contribution in [3.8, 4) is 0 Å². The number of anilines is 3. The van der Waals surface area contributed by atoms with Crippen molar-refractivity contribution in [3.63, 3.8) is 0 Å². The Hall–Kier alpha value is -7.80. The number of halogens is 4. The Morgan fingerprint density at radius 1 is 0.824 bits per heavy atom. The van der Waals surface area contributed by atoms with E-state index in [-0.39, 0.29) is 65.7 Å². The SMILES string of the molecule is C/C=S(/NC(=O)c1ccc(N2CCN(CC3=C(c4ccc(Cl)cc4)CCC(C)(C)C3)CC2)cc1)c1ccc(N[C@H](CCN2CCN(C(=O)CCCN3C=C(COCCOCCNc4cccc5c4C(=O)N(C4CCC(=O)NC4=O)C5=O)NN3)CC2)CSc2ccccc2)c(S(=O)(=O)C(F)(F)F)c1. The number of benzene rings is 5. The molecule has 0 saturated carbocycles. The van der Waals surface area contributed by atoms with Gasteiger partial charge in [0.2, 0.25) is 17.7 Å². The number of nitrogens with one attached hydrogen (secondary N) is 6. The molecule has 3 saturated heterocycles. The average molecular weight is 1480 g/mol. The van der Waals surface area contributed by atoms with Gasteiger partial charge < -0.3 is 35.3 Å². The predicted molar refractivity (Wildman–Crippen MR) is 392 cm³/mol. The second kappa shape index (κ2) is 34.2. The van der Waals surface area contributed by atoms with Gasteiger partial charge in [0, 0.05) is 141 Å². The highest BCUT2D eigenvalue weighted by atomic mass is 35.5. The smallest absolute Gasteiger partial charge is 0.382 e. The van der Waals surface area contributed by atoms with Crippen LogP contribution in [0.3, 0.4) is 0 Å². The second-order valence-corrected chi connectivity index (χ2v) is 32.0. The molecular weight excluding hydrogens is 1390 g/mol. The molecule has 2 unspecified atom stereocenters. The first-order chi connectivity index (χ1) is 49.0. The first-order valence-corrected chi connectivity index (χ1v) is 38.6. The third-order valence-electron chi connectivity index (χ3n) is 19.1. The molecule has 0 radical (unpaired) electrons. The Morgan fingerprint density at radius 3 is 2.28 bits per heavy atom. The number of carbonyl (C=O) groups excluding carboxylic acids is 6. The van der Waals surface area contributed by atoms with Gasteiger partial charge in [-0.2, -0.15) is 13.2 Å². The lowest BCUT2D eigenvalue weighted by Crippen LogP contribution is -2.54. The van der Waals surface area contributed by atoms with E-state index in [9.17, 15) is 50.4 Å². The van der Waals surface area contributed by atoms with Crippen LogP contribution in [-0.2, 0) is 33.7 Å². The van der Waals surface area contributed by atoms with Crippen LogP contribution in [0.5, 0.6) is 0 Å². The standard InChI is InChI=1S/C73H88ClF3N12O10S3/c1-4-101(82-68(92)51-17-21-56(22-18-51)86-37-35-85(36-38-86)46-52-45-72(2,3)29-27-59(52)50-15-19-53(74)20-16-50)58-23-24-61(64(44-58)102(96,97)73(75,76)77)79-54(49-100-57-10-6-5-7-11-57)28-32-84-33-39-87(40-34-84)66(91)14-9-31-88-47-55(81-83-88)48-99-43-42-98-41-30-78-62-13-8-12-60-67(62)71(95)89(70(60)94)63-25-26-65(90)80-69(63)93/h4-8,10-13,15-24,44,47,54,63,78-79,81,83H,9,14,25-43,45-46,48-49H2,1-3H3,(H,82,92)(H,80,90,93)/t54-,63?,101?/m1/s1. The van der Waals surface area contributed by atoms with Crippen molar-refractivity contribution in [2.45, 2.75) is 104 Å². The maximum absolute atomic E-state index is 14.7. The molecule has 5 aliphatic heterocycles. The Bertz CT molecular complexity index is 4080. The number of piperazine rings is 2. The van der Waals surface area contributed by atoms with Crippen LogP contribution in [-0.4, -0.2) is 202 Å². The molecule has 0 bridgehead atoms. The number of ether oxygens (including phenoxy) is 2. The Kier molecular flexibility index (Phi) is 25.3. The Balaban J connectivity index is 0.615. The van der Waals surface area contributed by atoms with Crippen LogP contribution in [0.4, 0.5) is 30.2 Å². The first kappa shape index (κ1) is 75.4. The molecule has 3 fully saturated rings. The Morgan fingerprint density at radius 2 is 1.56 bits per heavy atom. The summed E-state index contributed by atoms with van der Waals surface area (Å²) in [7, 11) is -7.19. The van der Waals surface area contributed by atoms with Crippen molar-refractivity contribution < 1.29 is 59.8 Å². The minimum absolute atomic E-state index is 0.0217. The minimum atomic E-state index is -5.90. The summed E-state index contributed by atoms with van der Waals surface area (Å²) in [4.78, 5) is 88.0. The van der Waals surface area contributed by atoms with Gasteiger partial charge in [-0.05, 0) is 146 Å². The van der Waals surface area contributed by atoms with E-state index >= 15 is 0 Å². The van der Waals surface area contributed by atoms with E-state index < -0.39 is 72.5 Å². The Labute approximate surface area is 605 Å². The van der Waals surface area contributed by atoms with Gasteiger partial charge in [-0.25, -0.2) is 8.42 Å². The van der Waals surface area contributed by atoms with E-state index in [1.54, 1.807) is 42.6 Å². The number of fused-ring (bicyclic) bond motifs is 1. The number of amides is 6. The summed E-state index contributed by atoms with van der Waals surface area (Å²) in [6.07, 6.45) is 6.50. The zero-order valence-corrected chi connectivity index (χ0v) is 60.7. The fourth-order valence-electron chi connectivity index (χ4n) is 13.5. The number of rotatable bonds is 30. The molecule has 5 heterocycles. The van der Waals surface area contributed by atoms with Crippen LogP contribution in [0.2, 0.25) is 5.02 Å². The molecule has 6 N–H and O–H groups in total. The van der Waals surface area contributed by atoms with Gasteiger partial charge in [-0.1, -0.05) is 78.1 Å². The zero-order chi connectivity index (χ0) is 72.1. The topological polar surface area (TPSA) is 247 Å². The van der Waals surface area contributed by atoms with Gasteiger partial charge in [-0.15, -0.1) is 17.3 Å².